The van der Waals surface area contributed by atoms with Crippen molar-refractivity contribution in [1.82, 2.24) is 10.2 Å². The van der Waals surface area contributed by atoms with Crippen molar-refractivity contribution in [2.45, 2.75) is 13.3 Å². The molecule has 0 saturated carbocycles. The van der Waals surface area contributed by atoms with E-state index in [0.717, 1.165) is 11.4 Å². The average Bonchev–Trinajstić information content (AvgIpc) is 2.86. The van der Waals surface area contributed by atoms with Crippen LogP contribution in [0.3, 0.4) is 0 Å². The van der Waals surface area contributed by atoms with Gasteiger partial charge in [0.25, 0.3) is 0 Å². The van der Waals surface area contributed by atoms with E-state index in [4.69, 9.17) is 23.2 Å². The highest BCUT2D eigenvalue weighted by Gasteiger charge is 2.06. The van der Waals surface area contributed by atoms with Gasteiger partial charge in [0.15, 0.2) is 0 Å². The molecule has 0 unspecified atom stereocenters. The second-order valence-corrected chi connectivity index (χ2v) is 5.69. The van der Waals surface area contributed by atoms with Crippen molar-refractivity contribution in [2.24, 2.45) is 0 Å². The maximum absolute atomic E-state index is 11.8. The number of halogens is 2. The molecule has 0 aliphatic rings. The summed E-state index contributed by atoms with van der Waals surface area (Å²) in [6.45, 7) is 1.98. The molecule has 0 fully saturated rings. The molecule has 1 aromatic carbocycles. The third-order valence-electron chi connectivity index (χ3n) is 2.40. The first kappa shape index (κ1) is 15.0. The summed E-state index contributed by atoms with van der Waals surface area (Å²) in [5.41, 5.74) is 0.609. The number of carbonyl (C=O) groups is 1. The van der Waals surface area contributed by atoms with Gasteiger partial charge in [-0.3, -0.25) is 10.1 Å². The van der Waals surface area contributed by atoms with Crippen molar-refractivity contribution in [3.63, 3.8) is 0 Å². The molecule has 0 spiro atoms. The lowest BCUT2D eigenvalue weighted by Crippen LogP contribution is -2.07. The molecule has 1 amide bonds. The second kappa shape index (κ2) is 6.83. The second-order valence-electron chi connectivity index (χ2n) is 3.81. The van der Waals surface area contributed by atoms with E-state index >= 15 is 0 Å². The number of carbonyl (C=O) groups excluding carboxylic acids is 1. The van der Waals surface area contributed by atoms with Crippen molar-refractivity contribution in [3.05, 3.63) is 44.9 Å². The first-order valence-corrected chi connectivity index (χ1v) is 7.43. The third-order valence-corrected chi connectivity index (χ3v) is 4.04. The highest BCUT2D eigenvalue weighted by atomic mass is 35.5. The topological polar surface area (TPSA) is 54.9 Å². The van der Waals surface area contributed by atoms with E-state index in [1.54, 1.807) is 24.3 Å². The van der Waals surface area contributed by atoms with Gasteiger partial charge in [0.1, 0.15) is 5.01 Å². The quantitative estimate of drug-likeness (QED) is 0.861. The lowest BCUT2D eigenvalue weighted by Gasteiger charge is -2.00. The fourth-order valence-corrected chi connectivity index (χ4v) is 2.63. The summed E-state index contributed by atoms with van der Waals surface area (Å²) in [6, 6.07) is 5.17. The van der Waals surface area contributed by atoms with Crippen molar-refractivity contribution >= 4 is 51.7 Å². The van der Waals surface area contributed by atoms with E-state index in [9.17, 15) is 4.79 Å². The summed E-state index contributed by atoms with van der Waals surface area (Å²) < 4.78 is 0. The Hall–Kier alpha value is -1.43. The number of nitrogens with zero attached hydrogens (tertiary/aromatic N) is 2. The molecular formula is C13H11Cl2N3OS. The molecule has 104 valence electrons. The lowest BCUT2D eigenvalue weighted by molar-refractivity contribution is -0.111. The van der Waals surface area contributed by atoms with Crippen LogP contribution in [0.15, 0.2) is 24.3 Å². The zero-order valence-electron chi connectivity index (χ0n) is 10.6. The standard InChI is InChI=1S/C13H11Cl2N3OS/c1-2-12-17-18-13(20-12)16-11(19)7-6-8-9(14)4-3-5-10(8)15/h3-7H,2H2,1H3,(H,16,18,19)/b7-6-. The minimum Gasteiger partial charge on any atom is -0.297 e. The summed E-state index contributed by atoms with van der Waals surface area (Å²) in [7, 11) is 0. The molecule has 0 aliphatic heterocycles. The normalized spacial score (nSPS) is 10.9. The summed E-state index contributed by atoms with van der Waals surface area (Å²) in [6.07, 6.45) is 3.72. The maximum Gasteiger partial charge on any atom is 0.250 e. The van der Waals surface area contributed by atoms with E-state index in [1.807, 2.05) is 6.92 Å². The van der Waals surface area contributed by atoms with Crippen LogP contribution >= 0.6 is 34.5 Å². The van der Waals surface area contributed by atoms with Gasteiger partial charge in [-0.2, -0.15) is 0 Å². The number of aromatic nitrogens is 2. The number of nitrogens with one attached hydrogen (secondary N) is 1. The Labute approximate surface area is 130 Å². The molecule has 0 bridgehead atoms. The number of hydrogen-bond donors (Lipinski definition) is 1. The first-order chi connectivity index (χ1) is 9.60. The van der Waals surface area contributed by atoms with E-state index in [2.05, 4.69) is 15.5 Å². The van der Waals surface area contributed by atoms with E-state index in [1.165, 1.54) is 17.4 Å². The van der Waals surface area contributed by atoms with Gasteiger partial charge in [-0.15, -0.1) is 10.2 Å². The van der Waals surface area contributed by atoms with Crippen molar-refractivity contribution < 1.29 is 4.79 Å². The molecule has 0 radical (unpaired) electrons. The Bertz CT molecular complexity index is 635. The zero-order chi connectivity index (χ0) is 14.5. The highest BCUT2D eigenvalue weighted by molar-refractivity contribution is 7.15. The van der Waals surface area contributed by atoms with E-state index in [-0.39, 0.29) is 5.91 Å². The van der Waals surface area contributed by atoms with Gasteiger partial charge >= 0.3 is 0 Å². The molecular weight excluding hydrogens is 317 g/mol. The molecule has 0 atom stereocenters. The SMILES string of the molecule is CCc1nnc(NC(=O)/C=C\c2c(Cl)cccc2Cl)s1. The Kier molecular flexibility index (Phi) is 5.11. The molecule has 0 aliphatic carbocycles. The summed E-state index contributed by atoms with van der Waals surface area (Å²) >= 11 is 13.4. The van der Waals surface area contributed by atoms with Gasteiger partial charge < -0.3 is 0 Å². The fourth-order valence-electron chi connectivity index (χ4n) is 1.42. The molecule has 20 heavy (non-hydrogen) atoms. The van der Waals surface area contributed by atoms with Gasteiger partial charge in [-0.05, 0) is 24.6 Å². The minimum absolute atomic E-state index is 0.306. The molecule has 1 heterocycles. The molecule has 1 N–H and O–H groups in total. The molecule has 7 heteroatoms. The summed E-state index contributed by atoms with van der Waals surface area (Å²) in [5, 5.41) is 12.8. The largest absolute Gasteiger partial charge is 0.297 e. The van der Waals surface area contributed by atoms with Crippen molar-refractivity contribution in [3.8, 4) is 0 Å². The number of rotatable bonds is 4. The number of hydrogen-bond acceptors (Lipinski definition) is 4. The Morgan fingerprint density at radius 2 is 2.05 bits per heavy atom. The smallest absolute Gasteiger partial charge is 0.250 e. The first-order valence-electron chi connectivity index (χ1n) is 5.85. The maximum atomic E-state index is 11.8. The fraction of sp³-hybridized carbons (Fsp3) is 0.154. The highest BCUT2D eigenvalue weighted by Crippen LogP contribution is 2.25. The average molecular weight is 328 g/mol. The Balaban J connectivity index is 2.06. The summed E-state index contributed by atoms with van der Waals surface area (Å²) in [4.78, 5) is 11.8. The lowest BCUT2D eigenvalue weighted by atomic mass is 10.2. The Morgan fingerprint density at radius 3 is 2.65 bits per heavy atom. The predicted molar refractivity (Wildman–Crippen MR) is 83.4 cm³/mol. The van der Waals surface area contributed by atoms with Gasteiger partial charge in [0.2, 0.25) is 11.0 Å². The number of anilines is 1. The van der Waals surface area contributed by atoms with Crippen LogP contribution in [0.1, 0.15) is 17.5 Å². The molecule has 0 saturated heterocycles. The van der Waals surface area contributed by atoms with Gasteiger partial charge in [-0.25, -0.2) is 0 Å². The Morgan fingerprint density at radius 1 is 1.35 bits per heavy atom. The molecule has 2 rings (SSSR count). The van der Waals surface area contributed by atoms with Crippen LogP contribution in [0.4, 0.5) is 5.13 Å². The monoisotopic (exact) mass is 327 g/mol. The van der Waals surface area contributed by atoms with Crippen LogP contribution in [-0.4, -0.2) is 16.1 Å². The van der Waals surface area contributed by atoms with Gasteiger partial charge in [0.05, 0.1) is 0 Å². The summed E-state index contributed by atoms with van der Waals surface area (Å²) in [5.74, 6) is -0.306. The third kappa shape index (κ3) is 3.79. The molecule has 2 aromatic rings. The number of benzene rings is 1. The molecule has 1 aromatic heterocycles. The van der Waals surface area contributed by atoms with E-state index in [0.29, 0.717) is 20.7 Å². The zero-order valence-corrected chi connectivity index (χ0v) is 12.9. The molecule has 4 nitrogen and oxygen atoms in total. The van der Waals surface area contributed by atoms with Gasteiger partial charge in [0, 0.05) is 21.7 Å². The van der Waals surface area contributed by atoms with Crippen molar-refractivity contribution in [1.29, 1.82) is 0 Å². The number of amides is 1. The van der Waals surface area contributed by atoms with Gasteiger partial charge in [-0.1, -0.05) is 47.5 Å². The van der Waals surface area contributed by atoms with Crippen molar-refractivity contribution in [2.75, 3.05) is 5.32 Å². The van der Waals surface area contributed by atoms with Crippen LogP contribution in [0.25, 0.3) is 6.08 Å². The predicted octanol–water partition coefficient (Wildman–Crippen LogP) is 4.06. The van der Waals surface area contributed by atoms with Crippen LogP contribution in [0.2, 0.25) is 10.0 Å². The van der Waals surface area contributed by atoms with Crippen LogP contribution in [0.5, 0.6) is 0 Å². The van der Waals surface area contributed by atoms with Crippen LogP contribution < -0.4 is 5.32 Å². The number of aryl methyl sites for hydroxylation is 1. The van der Waals surface area contributed by atoms with E-state index < -0.39 is 0 Å². The van der Waals surface area contributed by atoms with Crippen LogP contribution in [0, 0.1) is 0 Å². The van der Waals surface area contributed by atoms with Crippen LogP contribution in [-0.2, 0) is 11.2 Å². The minimum atomic E-state index is -0.306.